The van der Waals surface area contributed by atoms with Gasteiger partial charge in [-0.1, -0.05) is 18.2 Å². The highest BCUT2D eigenvalue weighted by Crippen LogP contribution is 2.48. The van der Waals surface area contributed by atoms with Crippen LogP contribution >= 0.6 is 0 Å². The number of carbonyl (C=O) groups is 4. The van der Waals surface area contributed by atoms with E-state index in [1.54, 1.807) is 20.8 Å². The highest BCUT2D eigenvalue weighted by molar-refractivity contribution is 5.90. The quantitative estimate of drug-likeness (QED) is 0.537. The molecule has 0 aliphatic carbocycles. The highest BCUT2D eigenvalue weighted by atomic mass is 16.6. The summed E-state index contributed by atoms with van der Waals surface area (Å²) in [6, 6.07) is 9.27. The van der Waals surface area contributed by atoms with E-state index in [4.69, 9.17) is 9.47 Å². The molecule has 1 aromatic carbocycles. The Morgan fingerprint density at radius 3 is 2.34 bits per heavy atom. The molecule has 2 heterocycles. The number of likely N-dealkylation sites (tertiary alicyclic amines) is 2. The largest absolute Gasteiger partial charge is 0.494 e. The lowest BCUT2D eigenvalue weighted by molar-refractivity contribution is -0.155. The minimum atomic E-state index is -1.41. The van der Waals surface area contributed by atoms with E-state index in [0.29, 0.717) is 26.1 Å². The Balaban J connectivity index is 1.48. The third-order valence-electron chi connectivity index (χ3n) is 6.27. The number of ether oxygens (including phenoxy) is 2. The van der Waals surface area contributed by atoms with E-state index < -0.39 is 34.5 Å². The molecule has 192 valence electrons. The Hall–Kier alpha value is -3.30. The first-order valence-corrected chi connectivity index (χ1v) is 11.8. The number of rotatable bonds is 8. The molecule has 10 heteroatoms. The fraction of sp³-hybridized carbons (Fsp3) is 0.600. The molecule has 0 aromatic heterocycles. The summed E-state index contributed by atoms with van der Waals surface area (Å²) < 4.78 is 10.9. The highest BCUT2D eigenvalue weighted by Gasteiger charge is 2.61. The molecule has 0 saturated carbocycles. The third-order valence-corrected chi connectivity index (χ3v) is 6.27. The van der Waals surface area contributed by atoms with Crippen LogP contribution in [0.5, 0.6) is 5.75 Å². The van der Waals surface area contributed by atoms with E-state index in [0.717, 1.165) is 5.75 Å². The van der Waals surface area contributed by atoms with Crippen LogP contribution in [-0.2, 0) is 19.1 Å². The second-order valence-corrected chi connectivity index (χ2v) is 10.6. The number of aliphatic carboxylic acids is 1. The van der Waals surface area contributed by atoms with E-state index in [9.17, 15) is 24.3 Å². The second-order valence-electron chi connectivity index (χ2n) is 10.6. The van der Waals surface area contributed by atoms with Crippen LogP contribution in [0.25, 0.3) is 0 Å². The SMILES string of the molecule is CC(C)(C)OC(=O)N1CC2(C1)CN(C(=O)CNC(=O)CCCOc1ccccc1)C(C)(C(=O)O)C2. The number of para-hydroxylation sites is 1. The van der Waals surface area contributed by atoms with Gasteiger partial charge in [0.05, 0.1) is 13.2 Å². The number of hydrogen-bond acceptors (Lipinski definition) is 6. The van der Waals surface area contributed by atoms with Crippen molar-refractivity contribution in [3.63, 3.8) is 0 Å². The number of benzene rings is 1. The molecule has 10 nitrogen and oxygen atoms in total. The summed E-state index contributed by atoms with van der Waals surface area (Å²) in [6.07, 6.45) is 0.444. The minimum absolute atomic E-state index is 0.186. The van der Waals surface area contributed by atoms with Crippen molar-refractivity contribution in [3.05, 3.63) is 30.3 Å². The van der Waals surface area contributed by atoms with Crippen molar-refractivity contribution >= 4 is 23.9 Å². The van der Waals surface area contributed by atoms with Gasteiger partial charge in [0.2, 0.25) is 11.8 Å². The van der Waals surface area contributed by atoms with E-state index in [1.807, 2.05) is 30.3 Å². The topological polar surface area (TPSA) is 125 Å². The maximum absolute atomic E-state index is 12.9. The van der Waals surface area contributed by atoms with Crippen LogP contribution in [-0.4, -0.2) is 82.7 Å². The van der Waals surface area contributed by atoms with Gasteiger partial charge in [-0.05, 0) is 52.7 Å². The van der Waals surface area contributed by atoms with Gasteiger partial charge in [0.1, 0.15) is 16.9 Å². The smallest absolute Gasteiger partial charge is 0.410 e. The number of carboxylic acid groups (broad SMARTS) is 1. The molecule has 0 bridgehead atoms. The van der Waals surface area contributed by atoms with Gasteiger partial charge < -0.3 is 29.7 Å². The maximum Gasteiger partial charge on any atom is 0.410 e. The van der Waals surface area contributed by atoms with Crippen molar-refractivity contribution < 1.29 is 33.8 Å². The van der Waals surface area contributed by atoms with Gasteiger partial charge >= 0.3 is 12.1 Å². The molecule has 2 aliphatic heterocycles. The molecule has 1 spiro atoms. The number of nitrogens with one attached hydrogen (secondary N) is 1. The van der Waals surface area contributed by atoms with Crippen LogP contribution in [0, 0.1) is 5.41 Å². The monoisotopic (exact) mass is 489 g/mol. The predicted molar refractivity (Wildman–Crippen MR) is 127 cm³/mol. The maximum atomic E-state index is 12.9. The van der Waals surface area contributed by atoms with Crippen LogP contribution in [0.1, 0.15) is 47.0 Å². The summed E-state index contributed by atoms with van der Waals surface area (Å²) in [5, 5.41) is 12.5. The van der Waals surface area contributed by atoms with E-state index in [2.05, 4.69) is 5.32 Å². The fourth-order valence-electron chi connectivity index (χ4n) is 4.67. The number of carbonyl (C=O) groups excluding carboxylic acids is 3. The van der Waals surface area contributed by atoms with Gasteiger partial charge in [0.25, 0.3) is 0 Å². The molecule has 2 fully saturated rings. The Kier molecular flexibility index (Phi) is 7.62. The lowest BCUT2D eigenvalue weighted by Crippen LogP contribution is -2.60. The van der Waals surface area contributed by atoms with Gasteiger partial charge in [-0.25, -0.2) is 9.59 Å². The van der Waals surface area contributed by atoms with Gasteiger partial charge in [0.15, 0.2) is 0 Å². The fourth-order valence-corrected chi connectivity index (χ4v) is 4.67. The molecule has 2 saturated heterocycles. The van der Waals surface area contributed by atoms with Crippen molar-refractivity contribution in [1.82, 2.24) is 15.1 Å². The summed E-state index contributed by atoms with van der Waals surface area (Å²) in [7, 11) is 0. The standard InChI is InChI=1S/C25H35N3O7/c1-23(2,3)35-22(33)27-15-25(16-27)14-24(4,21(31)32)28(17-25)20(30)13-26-19(29)11-8-12-34-18-9-6-5-7-10-18/h5-7,9-10H,8,11-17H2,1-4H3,(H,26,29)(H,31,32). The van der Waals surface area contributed by atoms with Crippen molar-refractivity contribution in [2.75, 3.05) is 32.8 Å². The van der Waals surface area contributed by atoms with E-state index in [1.165, 1.54) is 16.7 Å². The number of hydrogen-bond donors (Lipinski definition) is 2. The molecule has 2 aliphatic rings. The van der Waals surface area contributed by atoms with Gasteiger partial charge in [0, 0.05) is 31.5 Å². The molecular weight excluding hydrogens is 454 g/mol. The number of amides is 3. The molecular formula is C25H35N3O7. The van der Waals surface area contributed by atoms with Gasteiger partial charge in [-0.15, -0.1) is 0 Å². The lowest BCUT2D eigenvalue weighted by Gasteiger charge is -2.47. The first kappa shape index (κ1) is 26.3. The van der Waals surface area contributed by atoms with E-state index in [-0.39, 0.29) is 31.8 Å². The second kappa shape index (κ2) is 10.1. The molecule has 35 heavy (non-hydrogen) atoms. The Morgan fingerprint density at radius 1 is 1.09 bits per heavy atom. The zero-order valence-corrected chi connectivity index (χ0v) is 20.8. The van der Waals surface area contributed by atoms with Gasteiger partial charge in [-0.3, -0.25) is 9.59 Å². The predicted octanol–water partition coefficient (Wildman–Crippen LogP) is 2.27. The average molecular weight is 490 g/mol. The Bertz CT molecular complexity index is 954. The number of nitrogens with zero attached hydrogens (tertiary/aromatic N) is 2. The van der Waals surface area contributed by atoms with Crippen LogP contribution in [0.15, 0.2) is 30.3 Å². The molecule has 1 atom stereocenters. The van der Waals surface area contributed by atoms with Crippen LogP contribution in [0.4, 0.5) is 4.79 Å². The van der Waals surface area contributed by atoms with Crippen molar-refractivity contribution in [2.45, 2.75) is 58.1 Å². The van der Waals surface area contributed by atoms with Crippen molar-refractivity contribution in [1.29, 1.82) is 0 Å². The Morgan fingerprint density at radius 2 is 1.74 bits per heavy atom. The summed E-state index contributed by atoms with van der Waals surface area (Å²) in [5.41, 5.74) is -2.54. The van der Waals surface area contributed by atoms with E-state index >= 15 is 0 Å². The first-order chi connectivity index (χ1) is 16.3. The summed E-state index contributed by atoms with van der Waals surface area (Å²) in [5.74, 6) is -1.15. The zero-order valence-electron chi connectivity index (χ0n) is 20.8. The normalized spacial score (nSPS) is 20.8. The summed E-state index contributed by atoms with van der Waals surface area (Å²) >= 11 is 0. The van der Waals surface area contributed by atoms with Crippen LogP contribution in [0.3, 0.4) is 0 Å². The summed E-state index contributed by atoms with van der Waals surface area (Å²) in [6.45, 7) is 7.78. The molecule has 1 unspecified atom stereocenters. The van der Waals surface area contributed by atoms with Crippen molar-refractivity contribution in [3.8, 4) is 5.75 Å². The van der Waals surface area contributed by atoms with Crippen molar-refractivity contribution in [2.24, 2.45) is 5.41 Å². The molecule has 2 N–H and O–H groups in total. The molecule has 0 radical (unpaired) electrons. The molecule has 1 aromatic rings. The lowest BCUT2D eigenvalue weighted by atomic mass is 9.75. The summed E-state index contributed by atoms with van der Waals surface area (Å²) in [4.78, 5) is 52.4. The Labute approximate surface area is 205 Å². The van der Waals surface area contributed by atoms with Crippen LogP contribution < -0.4 is 10.1 Å². The molecule has 3 rings (SSSR count). The average Bonchev–Trinajstić information content (AvgIpc) is 3.09. The third kappa shape index (κ3) is 6.43. The minimum Gasteiger partial charge on any atom is -0.494 e. The number of carboxylic acids is 1. The van der Waals surface area contributed by atoms with Crippen LogP contribution in [0.2, 0.25) is 0 Å². The first-order valence-electron chi connectivity index (χ1n) is 11.8. The molecule has 3 amide bonds. The van der Waals surface area contributed by atoms with Gasteiger partial charge in [-0.2, -0.15) is 0 Å². The zero-order chi connectivity index (χ0) is 25.9.